The van der Waals surface area contributed by atoms with E-state index in [1.54, 1.807) is 6.20 Å². The fraction of sp³-hybridized carbons (Fsp3) is 0.368. The number of aliphatic imine (C=N–C) groups is 1. The zero-order valence-corrected chi connectivity index (χ0v) is 17.3. The summed E-state index contributed by atoms with van der Waals surface area (Å²) in [4.78, 5) is 8.84. The van der Waals surface area contributed by atoms with E-state index >= 15 is 0 Å². The maximum absolute atomic E-state index is 13.1. The van der Waals surface area contributed by atoms with Crippen LogP contribution in [0.5, 0.6) is 0 Å². The predicted octanol–water partition coefficient (Wildman–Crippen LogP) is 3.87. The van der Waals surface area contributed by atoms with Gasteiger partial charge in [0, 0.05) is 24.7 Å². The van der Waals surface area contributed by atoms with Gasteiger partial charge in [0.2, 0.25) is 0 Å². The number of hydrogen-bond acceptors (Lipinski definition) is 2. The number of nitrogens with one attached hydrogen (secondary N) is 2. The molecule has 25 heavy (non-hydrogen) atoms. The first-order chi connectivity index (χ1) is 11.5. The molecular formula is C19H26FIN4. The van der Waals surface area contributed by atoms with Gasteiger partial charge in [0.1, 0.15) is 5.82 Å². The normalized spacial score (nSPS) is 11.6. The molecule has 0 atom stereocenters. The average molecular weight is 456 g/mol. The largest absolute Gasteiger partial charge is 0.357 e. The Balaban J connectivity index is 0.00000312. The lowest BCUT2D eigenvalue weighted by Crippen LogP contribution is -2.43. The molecule has 0 aliphatic rings. The Labute approximate surface area is 166 Å². The number of halogens is 2. The van der Waals surface area contributed by atoms with Gasteiger partial charge in [-0.2, -0.15) is 0 Å². The number of aromatic nitrogens is 1. The highest BCUT2D eigenvalue weighted by atomic mass is 127. The van der Waals surface area contributed by atoms with Crippen LogP contribution in [0, 0.1) is 5.82 Å². The van der Waals surface area contributed by atoms with Gasteiger partial charge in [0.15, 0.2) is 5.96 Å². The minimum Gasteiger partial charge on any atom is -0.357 e. The number of nitrogens with zero attached hydrogens (tertiary/aromatic N) is 2. The second kappa shape index (κ2) is 10.3. The second-order valence-electron chi connectivity index (χ2n) is 6.26. The number of pyridine rings is 1. The Kier molecular flexibility index (Phi) is 8.82. The van der Waals surface area contributed by atoms with E-state index < -0.39 is 0 Å². The van der Waals surface area contributed by atoms with Crippen LogP contribution in [0.15, 0.2) is 53.7 Å². The first kappa shape index (κ1) is 21.3. The summed E-state index contributed by atoms with van der Waals surface area (Å²) in [5.74, 6) is 0.533. The van der Waals surface area contributed by atoms with Crippen molar-refractivity contribution < 1.29 is 4.39 Å². The molecule has 0 spiro atoms. The molecule has 136 valence electrons. The van der Waals surface area contributed by atoms with Crippen molar-refractivity contribution in [1.29, 1.82) is 0 Å². The van der Waals surface area contributed by atoms with Crippen LogP contribution in [-0.2, 0) is 12.0 Å². The van der Waals surface area contributed by atoms with Crippen molar-refractivity contribution in [1.82, 2.24) is 15.6 Å². The molecule has 0 aliphatic carbocycles. The van der Waals surface area contributed by atoms with E-state index in [9.17, 15) is 4.39 Å². The third-order valence-corrected chi connectivity index (χ3v) is 3.79. The van der Waals surface area contributed by atoms with E-state index in [4.69, 9.17) is 0 Å². The maximum atomic E-state index is 13.1. The predicted molar refractivity (Wildman–Crippen MR) is 112 cm³/mol. The molecule has 1 aromatic carbocycles. The number of hydrogen-bond donors (Lipinski definition) is 2. The van der Waals surface area contributed by atoms with Crippen molar-refractivity contribution in [2.24, 2.45) is 4.99 Å². The van der Waals surface area contributed by atoms with E-state index in [1.165, 1.54) is 12.1 Å². The summed E-state index contributed by atoms with van der Waals surface area (Å²) in [6.45, 7) is 8.26. The van der Waals surface area contributed by atoms with E-state index in [1.807, 2.05) is 37.3 Å². The van der Waals surface area contributed by atoms with Gasteiger partial charge in [0.25, 0.3) is 0 Å². The highest BCUT2D eigenvalue weighted by molar-refractivity contribution is 14.0. The van der Waals surface area contributed by atoms with E-state index in [-0.39, 0.29) is 35.2 Å². The molecule has 0 fully saturated rings. The summed E-state index contributed by atoms with van der Waals surface area (Å²) in [7, 11) is 0. The smallest absolute Gasteiger partial charge is 0.191 e. The van der Waals surface area contributed by atoms with Crippen LogP contribution in [0.3, 0.4) is 0 Å². The van der Waals surface area contributed by atoms with Gasteiger partial charge >= 0.3 is 0 Å². The summed E-state index contributed by atoms with van der Waals surface area (Å²) in [6.07, 6.45) is 1.77. The molecule has 0 aliphatic heterocycles. The van der Waals surface area contributed by atoms with Gasteiger partial charge in [0.05, 0.1) is 12.2 Å². The lowest BCUT2D eigenvalue weighted by molar-refractivity contribution is 0.507. The van der Waals surface area contributed by atoms with Crippen LogP contribution in [0.1, 0.15) is 32.0 Å². The number of rotatable bonds is 6. The maximum Gasteiger partial charge on any atom is 0.191 e. The topological polar surface area (TPSA) is 49.3 Å². The molecule has 2 aromatic rings. The molecule has 0 bridgehead atoms. The lowest BCUT2D eigenvalue weighted by atomic mass is 9.84. The van der Waals surface area contributed by atoms with Crippen LogP contribution < -0.4 is 10.6 Å². The Morgan fingerprint density at radius 2 is 1.84 bits per heavy atom. The Hall–Kier alpha value is -1.70. The average Bonchev–Trinajstić information content (AvgIpc) is 2.59. The molecule has 2 N–H and O–H groups in total. The molecule has 0 saturated carbocycles. The van der Waals surface area contributed by atoms with Gasteiger partial charge in [-0.1, -0.05) is 32.0 Å². The molecule has 4 nitrogen and oxygen atoms in total. The van der Waals surface area contributed by atoms with Gasteiger partial charge in [-0.25, -0.2) is 9.38 Å². The van der Waals surface area contributed by atoms with Gasteiger partial charge in [-0.15, -0.1) is 24.0 Å². The second-order valence-corrected chi connectivity index (χ2v) is 6.26. The zero-order valence-electron chi connectivity index (χ0n) is 14.9. The van der Waals surface area contributed by atoms with Gasteiger partial charge in [-0.3, -0.25) is 4.98 Å². The van der Waals surface area contributed by atoms with Crippen LogP contribution in [0.4, 0.5) is 4.39 Å². The molecular weight excluding hydrogens is 430 g/mol. The molecule has 2 rings (SSSR count). The van der Waals surface area contributed by atoms with Crippen LogP contribution in [0.25, 0.3) is 0 Å². The monoisotopic (exact) mass is 456 g/mol. The summed E-state index contributed by atoms with van der Waals surface area (Å²) in [5.41, 5.74) is 1.86. The molecule has 0 amide bonds. The van der Waals surface area contributed by atoms with Gasteiger partial charge < -0.3 is 10.6 Å². The highest BCUT2D eigenvalue weighted by Crippen LogP contribution is 2.22. The van der Waals surface area contributed by atoms with Crippen molar-refractivity contribution in [3.8, 4) is 0 Å². The molecule has 0 unspecified atom stereocenters. The van der Waals surface area contributed by atoms with Crippen molar-refractivity contribution in [3.63, 3.8) is 0 Å². The summed E-state index contributed by atoms with van der Waals surface area (Å²) < 4.78 is 13.1. The first-order valence-corrected chi connectivity index (χ1v) is 8.19. The van der Waals surface area contributed by atoms with E-state index in [2.05, 4.69) is 34.5 Å². The van der Waals surface area contributed by atoms with Crippen LogP contribution >= 0.6 is 24.0 Å². The Morgan fingerprint density at radius 1 is 1.12 bits per heavy atom. The summed E-state index contributed by atoms with van der Waals surface area (Å²) >= 11 is 0. The lowest BCUT2D eigenvalue weighted by Gasteiger charge is -2.26. The molecule has 1 heterocycles. The number of benzene rings is 1. The minimum absolute atomic E-state index is 0. The fourth-order valence-corrected chi connectivity index (χ4v) is 2.30. The summed E-state index contributed by atoms with van der Waals surface area (Å²) in [6, 6.07) is 12.5. The number of guanidine groups is 1. The fourth-order valence-electron chi connectivity index (χ4n) is 2.30. The van der Waals surface area contributed by atoms with Gasteiger partial charge in [-0.05, 0) is 36.8 Å². The SMILES string of the molecule is CCNC(=NCc1ccccn1)NCC(C)(C)c1ccc(F)cc1.I. The molecule has 1 aromatic heterocycles. The van der Waals surface area contributed by atoms with E-state index in [0.29, 0.717) is 13.1 Å². The van der Waals surface area contributed by atoms with Crippen molar-refractivity contribution in [2.75, 3.05) is 13.1 Å². The minimum atomic E-state index is -0.215. The van der Waals surface area contributed by atoms with Crippen molar-refractivity contribution >= 4 is 29.9 Å². The third kappa shape index (κ3) is 6.97. The summed E-state index contributed by atoms with van der Waals surface area (Å²) in [5, 5.41) is 6.60. The first-order valence-electron chi connectivity index (χ1n) is 8.19. The van der Waals surface area contributed by atoms with Crippen molar-refractivity contribution in [3.05, 3.63) is 65.7 Å². The molecule has 0 saturated heterocycles. The van der Waals surface area contributed by atoms with E-state index in [0.717, 1.165) is 23.8 Å². The van der Waals surface area contributed by atoms with Crippen LogP contribution in [-0.4, -0.2) is 24.0 Å². The Morgan fingerprint density at radius 3 is 2.44 bits per heavy atom. The zero-order chi connectivity index (χ0) is 17.4. The van der Waals surface area contributed by atoms with Crippen LogP contribution in [0.2, 0.25) is 0 Å². The Bertz CT molecular complexity index is 657. The molecule has 0 radical (unpaired) electrons. The highest BCUT2D eigenvalue weighted by Gasteiger charge is 2.20. The quantitative estimate of drug-likeness (QED) is 0.394. The third-order valence-electron chi connectivity index (χ3n) is 3.79. The van der Waals surface area contributed by atoms with Crippen molar-refractivity contribution in [2.45, 2.75) is 32.7 Å². The standard InChI is InChI=1S/C19H25FN4.HI/c1-4-21-18(23-13-17-7-5-6-12-22-17)24-14-19(2,3)15-8-10-16(20)11-9-15;/h5-12H,4,13-14H2,1-3H3,(H2,21,23,24);1H. The molecule has 6 heteroatoms.